The molecule has 0 bridgehead atoms. The molecule has 1 heterocycles. The Morgan fingerprint density at radius 3 is 3.00 bits per heavy atom. The van der Waals surface area contributed by atoms with Gasteiger partial charge in [0.05, 0.1) is 11.8 Å². The van der Waals surface area contributed by atoms with Gasteiger partial charge in [0.15, 0.2) is 0 Å². The number of esters is 2. The van der Waals surface area contributed by atoms with Crippen LogP contribution in [-0.4, -0.2) is 11.9 Å². The fourth-order valence-electron chi connectivity index (χ4n) is 2.38. The van der Waals surface area contributed by atoms with Crippen molar-refractivity contribution in [3.63, 3.8) is 0 Å². The standard InChI is InChI=1S/C12H14O3/c1-2-3-5-8-6-4-7-9-10(8)12(14)15-11(9)13/h2,4,6,8-10H,1,3,5,7H2. The Morgan fingerprint density at radius 1 is 1.47 bits per heavy atom. The molecule has 1 aliphatic heterocycles. The molecule has 3 unspecified atom stereocenters. The molecule has 15 heavy (non-hydrogen) atoms. The molecule has 0 aromatic carbocycles. The number of carbonyl (C=O) groups excluding carboxylic acids is 2. The number of hydrogen-bond donors (Lipinski definition) is 0. The van der Waals surface area contributed by atoms with Gasteiger partial charge in [0.25, 0.3) is 0 Å². The Hall–Kier alpha value is -1.38. The van der Waals surface area contributed by atoms with Crippen LogP contribution in [0, 0.1) is 17.8 Å². The maximum Gasteiger partial charge on any atom is 0.318 e. The van der Waals surface area contributed by atoms with E-state index in [0.717, 1.165) is 12.8 Å². The highest BCUT2D eigenvalue weighted by Gasteiger charge is 2.48. The maximum atomic E-state index is 11.5. The Balaban J connectivity index is 2.15. The van der Waals surface area contributed by atoms with Gasteiger partial charge >= 0.3 is 11.9 Å². The molecule has 3 heteroatoms. The lowest BCUT2D eigenvalue weighted by molar-refractivity contribution is -0.154. The van der Waals surface area contributed by atoms with Crippen molar-refractivity contribution < 1.29 is 14.3 Å². The highest BCUT2D eigenvalue weighted by molar-refractivity contribution is 5.97. The normalized spacial score (nSPS) is 33.7. The van der Waals surface area contributed by atoms with Crippen LogP contribution < -0.4 is 0 Å². The van der Waals surface area contributed by atoms with Crippen molar-refractivity contribution in [2.45, 2.75) is 19.3 Å². The largest absolute Gasteiger partial charge is 0.393 e. The summed E-state index contributed by atoms with van der Waals surface area (Å²) >= 11 is 0. The van der Waals surface area contributed by atoms with E-state index in [1.807, 2.05) is 18.2 Å². The predicted molar refractivity (Wildman–Crippen MR) is 54.8 cm³/mol. The zero-order chi connectivity index (χ0) is 10.8. The third kappa shape index (κ3) is 1.74. The van der Waals surface area contributed by atoms with Gasteiger partial charge in [-0.05, 0) is 25.2 Å². The molecular weight excluding hydrogens is 192 g/mol. The third-order valence-electron chi connectivity index (χ3n) is 3.15. The first-order valence-electron chi connectivity index (χ1n) is 5.27. The van der Waals surface area contributed by atoms with Gasteiger partial charge in [-0.1, -0.05) is 18.2 Å². The Kier molecular flexibility index (Phi) is 2.71. The Morgan fingerprint density at radius 2 is 2.27 bits per heavy atom. The first-order chi connectivity index (χ1) is 7.24. The second kappa shape index (κ2) is 4.01. The van der Waals surface area contributed by atoms with E-state index in [2.05, 4.69) is 11.3 Å². The summed E-state index contributed by atoms with van der Waals surface area (Å²) in [5.41, 5.74) is 0. The molecule has 2 rings (SSSR count). The third-order valence-corrected chi connectivity index (χ3v) is 3.15. The van der Waals surface area contributed by atoms with Crippen molar-refractivity contribution in [1.29, 1.82) is 0 Å². The fraction of sp³-hybridized carbons (Fsp3) is 0.500. The van der Waals surface area contributed by atoms with Crippen LogP contribution in [0.25, 0.3) is 0 Å². The summed E-state index contributed by atoms with van der Waals surface area (Å²) in [5, 5.41) is 0. The van der Waals surface area contributed by atoms with E-state index in [9.17, 15) is 9.59 Å². The summed E-state index contributed by atoms with van der Waals surface area (Å²) < 4.78 is 4.67. The van der Waals surface area contributed by atoms with E-state index in [-0.39, 0.29) is 29.7 Å². The zero-order valence-corrected chi connectivity index (χ0v) is 8.52. The van der Waals surface area contributed by atoms with Crippen LogP contribution in [0.15, 0.2) is 24.8 Å². The van der Waals surface area contributed by atoms with Crippen LogP contribution >= 0.6 is 0 Å². The number of rotatable bonds is 3. The fourth-order valence-corrected chi connectivity index (χ4v) is 2.38. The van der Waals surface area contributed by atoms with E-state index >= 15 is 0 Å². The number of carbonyl (C=O) groups is 2. The second-order valence-corrected chi connectivity index (χ2v) is 4.07. The lowest BCUT2D eigenvalue weighted by Gasteiger charge is -2.24. The van der Waals surface area contributed by atoms with Gasteiger partial charge in [-0.3, -0.25) is 9.59 Å². The van der Waals surface area contributed by atoms with Gasteiger partial charge in [0.2, 0.25) is 0 Å². The van der Waals surface area contributed by atoms with Crippen molar-refractivity contribution in [3.8, 4) is 0 Å². The monoisotopic (exact) mass is 206 g/mol. The molecule has 0 radical (unpaired) electrons. The minimum atomic E-state index is -0.349. The van der Waals surface area contributed by atoms with Crippen LogP contribution in [0.4, 0.5) is 0 Å². The summed E-state index contributed by atoms with van der Waals surface area (Å²) in [5.74, 6) is -1.04. The quantitative estimate of drug-likeness (QED) is 0.402. The number of ether oxygens (including phenoxy) is 1. The number of fused-ring (bicyclic) bond motifs is 1. The second-order valence-electron chi connectivity index (χ2n) is 4.07. The first-order valence-corrected chi connectivity index (χ1v) is 5.27. The molecular formula is C12H14O3. The van der Waals surface area contributed by atoms with Crippen molar-refractivity contribution >= 4 is 11.9 Å². The van der Waals surface area contributed by atoms with E-state index in [4.69, 9.17) is 0 Å². The van der Waals surface area contributed by atoms with Crippen LogP contribution in [0.5, 0.6) is 0 Å². The van der Waals surface area contributed by atoms with Gasteiger partial charge in [0.1, 0.15) is 0 Å². The number of hydrogen-bond acceptors (Lipinski definition) is 3. The van der Waals surface area contributed by atoms with Crippen molar-refractivity contribution in [1.82, 2.24) is 0 Å². The molecule has 80 valence electrons. The van der Waals surface area contributed by atoms with Gasteiger partial charge < -0.3 is 4.74 Å². The molecule has 0 saturated carbocycles. The minimum Gasteiger partial charge on any atom is -0.393 e. The lowest BCUT2D eigenvalue weighted by atomic mass is 9.75. The van der Waals surface area contributed by atoms with Gasteiger partial charge in [-0.2, -0.15) is 0 Å². The zero-order valence-electron chi connectivity index (χ0n) is 8.52. The summed E-state index contributed by atoms with van der Waals surface area (Å²) in [6.45, 7) is 3.66. The van der Waals surface area contributed by atoms with Crippen molar-refractivity contribution in [3.05, 3.63) is 24.8 Å². The molecule has 0 amide bonds. The molecule has 1 aliphatic carbocycles. The number of allylic oxidation sites excluding steroid dienone is 3. The van der Waals surface area contributed by atoms with Crippen LogP contribution in [-0.2, 0) is 14.3 Å². The molecule has 1 saturated heterocycles. The Labute approximate surface area is 88.8 Å². The average Bonchev–Trinajstić information content (AvgIpc) is 2.53. The summed E-state index contributed by atoms with van der Waals surface area (Å²) in [7, 11) is 0. The molecule has 0 N–H and O–H groups in total. The minimum absolute atomic E-state index is 0.140. The summed E-state index contributed by atoms with van der Waals surface area (Å²) in [6, 6.07) is 0. The predicted octanol–water partition coefficient (Wildman–Crippen LogP) is 1.84. The summed E-state index contributed by atoms with van der Waals surface area (Å²) in [6.07, 6.45) is 8.21. The van der Waals surface area contributed by atoms with E-state index in [1.54, 1.807) is 0 Å². The highest BCUT2D eigenvalue weighted by atomic mass is 16.6. The van der Waals surface area contributed by atoms with Crippen molar-refractivity contribution in [2.75, 3.05) is 0 Å². The molecule has 3 atom stereocenters. The van der Waals surface area contributed by atoms with E-state index in [1.165, 1.54) is 0 Å². The lowest BCUT2D eigenvalue weighted by Crippen LogP contribution is -2.27. The smallest absolute Gasteiger partial charge is 0.318 e. The number of cyclic esters (lactones) is 2. The first kappa shape index (κ1) is 10.1. The van der Waals surface area contributed by atoms with E-state index < -0.39 is 0 Å². The van der Waals surface area contributed by atoms with E-state index in [0.29, 0.717) is 6.42 Å². The van der Waals surface area contributed by atoms with Gasteiger partial charge in [-0.15, -0.1) is 6.58 Å². The molecule has 1 fully saturated rings. The van der Waals surface area contributed by atoms with Crippen LogP contribution in [0.3, 0.4) is 0 Å². The van der Waals surface area contributed by atoms with Gasteiger partial charge in [-0.25, -0.2) is 0 Å². The highest BCUT2D eigenvalue weighted by Crippen LogP contribution is 2.39. The topological polar surface area (TPSA) is 43.4 Å². The van der Waals surface area contributed by atoms with Gasteiger partial charge in [0, 0.05) is 0 Å². The van der Waals surface area contributed by atoms with Crippen LogP contribution in [0.2, 0.25) is 0 Å². The maximum absolute atomic E-state index is 11.5. The van der Waals surface area contributed by atoms with Crippen molar-refractivity contribution in [2.24, 2.45) is 17.8 Å². The summed E-state index contributed by atoms with van der Waals surface area (Å²) in [4.78, 5) is 22.8. The molecule has 0 spiro atoms. The molecule has 3 nitrogen and oxygen atoms in total. The molecule has 2 aliphatic rings. The average molecular weight is 206 g/mol. The molecule has 0 aromatic heterocycles. The SMILES string of the molecule is C=CCCC1C=CCC2C(=O)OC(=O)C12. The van der Waals surface area contributed by atoms with Crippen LogP contribution in [0.1, 0.15) is 19.3 Å². The Bertz CT molecular complexity index is 330. The molecule has 0 aromatic rings.